The molecular formula is C27H48OSi. The number of rotatable bonds is 6. The first kappa shape index (κ1) is 22.1. The molecule has 4 aliphatic rings. The molecule has 0 aliphatic heterocycles. The number of hydrogen-bond acceptors (Lipinski definition) is 1. The van der Waals surface area contributed by atoms with E-state index >= 15 is 0 Å². The van der Waals surface area contributed by atoms with E-state index in [0.29, 0.717) is 16.9 Å². The Bertz CT molecular complexity index is 624. The standard InChI is InChI=1S/C27H48OSi/c1-7-9-18-29(5,6)28-24-19-21-12-10-11-16-26(21,3)23-15-17-27(4)20(8-2)13-14-22(27)25(23)24/h19-20,22-25H,7-18H2,1-6H3/t20-,22-,23-,24?,25-,26-,27+/m0/s1. The summed E-state index contributed by atoms with van der Waals surface area (Å²) in [5.41, 5.74) is 2.84. The van der Waals surface area contributed by atoms with E-state index in [4.69, 9.17) is 4.43 Å². The summed E-state index contributed by atoms with van der Waals surface area (Å²) < 4.78 is 7.23. The van der Waals surface area contributed by atoms with Crippen molar-refractivity contribution in [2.24, 2.45) is 34.5 Å². The highest BCUT2D eigenvalue weighted by Gasteiger charge is 2.60. The molecule has 29 heavy (non-hydrogen) atoms. The maximum Gasteiger partial charge on any atom is 0.187 e. The van der Waals surface area contributed by atoms with E-state index in [0.717, 1.165) is 23.7 Å². The van der Waals surface area contributed by atoms with Crippen LogP contribution >= 0.6 is 0 Å². The van der Waals surface area contributed by atoms with Crippen molar-refractivity contribution in [2.75, 3.05) is 0 Å². The molecule has 0 N–H and O–H groups in total. The van der Waals surface area contributed by atoms with Crippen molar-refractivity contribution in [1.82, 2.24) is 0 Å². The van der Waals surface area contributed by atoms with Crippen LogP contribution in [0.25, 0.3) is 0 Å². The van der Waals surface area contributed by atoms with E-state index in [2.05, 4.69) is 46.9 Å². The second-order valence-corrected chi connectivity index (χ2v) is 16.5. The highest BCUT2D eigenvalue weighted by molar-refractivity contribution is 6.71. The predicted molar refractivity (Wildman–Crippen MR) is 128 cm³/mol. The zero-order valence-corrected chi connectivity index (χ0v) is 21.4. The van der Waals surface area contributed by atoms with Crippen LogP contribution in [0.2, 0.25) is 19.1 Å². The van der Waals surface area contributed by atoms with Gasteiger partial charge in [-0.25, -0.2) is 0 Å². The summed E-state index contributed by atoms with van der Waals surface area (Å²) in [4.78, 5) is 0. The van der Waals surface area contributed by atoms with Crippen molar-refractivity contribution in [3.8, 4) is 0 Å². The summed E-state index contributed by atoms with van der Waals surface area (Å²) in [6.07, 6.45) is 18.6. The molecule has 0 spiro atoms. The molecule has 166 valence electrons. The van der Waals surface area contributed by atoms with Crippen LogP contribution < -0.4 is 0 Å². The highest BCUT2D eigenvalue weighted by Crippen LogP contribution is 2.67. The fourth-order valence-corrected chi connectivity index (χ4v) is 10.9. The SMILES string of the molecule is CCCC[Si](C)(C)OC1C=C2CCCC[C@]2(C)[C@H]2CC[C@]3(C)[C@@H](CC)CC[C@H]3[C@H]12. The molecule has 0 amide bonds. The van der Waals surface area contributed by atoms with Gasteiger partial charge in [0, 0.05) is 0 Å². The Kier molecular flexibility index (Phi) is 6.19. The summed E-state index contributed by atoms with van der Waals surface area (Å²) in [5.74, 6) is 3.50. The van der Waals surface area contributed by atoms with Crippen molar-refractivity contribution in [2.45, 2.75) is 124 Å². The quantitative estimate of drug-likeness (QED) is 0.312. The van der Waals surface area contributed by atoms with Gasteiger partial charge < -0.3 is 4.43 Å². The van der Waals surface area contributed by atoms with Crippen LogP contribution in [0.5, 0.6) is 0 Å². The minimum absolute atomic E-state index is 0.417. The monoisotopic (exact) mass is 416 g/mol. The average Bonchev–Trinajstić information content (AvgIpc) is 3.02. The lowest BCUT2D eigenvalue weighted by Gasteiger charge is -2.60. The Morgan fingerprint density at radius 2 is 1.83 bits per heavy atom. The summed E-state index contributed by atoms with van der Waals surface area (Å²) in [7, 11) is -1.61. The summed E-state index contributed by atoms with van der Waals surface area (Å²) in [6, 6.07) is 1.33. The van der Waals surface area contributed by atoms with Crippen LogP contribution in [0, 0.1) is 34.5 Å². The molecule has 2 heteroatoms. The zero-order chi connectivity index (χ0) is 20.9. The fraction of sp³-hybridized carbons (Fsp3) is 0.926. The zero-order valence-electron chi connectivity index (χ0n) is 20.4. The van der Waals surface area contributed by atoms with Crippen molar-refractivity contribution in [3.63, 3.8) is 0 Å². The maximum absolute atomic E-state index is 7.23. The molecule has 0 radical (unpaired) electrons. The summed E-state index contributed by atoms with van der Waals surface area (Å²) >= 11 is 0. The van der Waals surface area contributed by atoms with Crippen molar-refractivity contribution >= 4 is 8.32 Å². The summed E-state index contributed by atoms with van der Waals surface area (Å²) in [5, 5.41) is 0. The second-order valence-electron chi connectivity index (χ2n) is 12.3. The van der Waals surface area contributed by atoms with Crippen LogP contribution in [0.4, 0.5) is 0 Å². The van der Waals surface area contributed by atoms with Crippen LogP contribution in [-0.2, 0) is 4.43 Å². The highest BCUT2D eigenvalue weighted by atomic mass is 28.4. The van der Waals surface area contributed by atoms with E-state index in [-0.39, 0.29) is 0 Å². The van der Waals surface area contributed by atoms with E-state index in [9.17, 15) is 0 Å². The molecule has 0 aromatic heterocycles. The molecule has 3 saturated carbocycles. The minimum atomic E-state index is -1.61. The Labute approximate surface area is 182 Å². The Hall–Kier alpha value is -0.0831. The van der Waals surface area contributed by atoms with Crippen LogP contribution in [0.15, 0.2) is 11.6 Å². The third-order valence-corrected chi connectivity index (χ3v) is 12.8. The van der Waals surface area contributed by atoms with Crippen molar-refractivity contribution < 1.29 is 4.43 Å². The van der Waals surface area contributed by atoms with Gasteiger partial charge >= 0.3 is 0 Å². The predicted octanol–water partition coefficient (Wildman–Crippen LogP) is 8.37. The van der Waals surface area contributed by atoms with Gasteiger partial charge in [-0.05, 0) is 98.6 Å². The molecular weight excluding hydrogens is 368 g/mol. The van der Waals surface area contributed by atoms with Gasteiger partial charge in [-0.3, -0.25) is 0 Å². The fourth-order valence-electron chi connectivity index (χ4n) is 8.58. The van der Waals surface area contributed by atoms with Gasteiger partial charge in [-0.15, -0.1) is 0 Å². The van der Waals surface area contributed by atoms with Crippen LogP contribution in [-0.4, -0.2) is 14.4 Å². The Morgan fingerprint density at radius 3 is 2.55 bits per heavy atom. The van der Waals surface area contributed by atoms with Gasteiger partial charge in [0.2, 0.25) is 0 Å². The first-order chi connectivity index (χ1) is 13.7. The number of fused-ring (bicyclic) bond motifs is 5. The van der Waals surface area contributed by atoms with Gasteiger partial charge in [0.15, 0.2) is 8.32 Å². The molecule has 3 fully saturated rings. The number of allylic oxidation sites excluding steroid dienone is 1. The second kappa shape index (κ2) is 8.12. The van der Waals surface area contributed by atoms with Gasteiger partial charge in [0.1, 0.15) is 0 Å². The Balaban J connectivity index is 1.70. The first-order valence-electron chi connectivity index (χ1n) is 13.1. The minimum Gasteiger partial charge on any atom is -0.411 e. The third-order valence-electron chi connectivity index (χ3n) is 10.3. The van der Waals surface area contributed by atoms with Gasteiger partial charge in [-0.1, -0.05) is 65.0 Å². The molecule has 0 aromatic carbocycles. The van der Waals surface area contributed by atoms with Crippen molar-refractivity contribution in [1.29, 1.82) is 0 Å². The van der Waals surface area contributed by atoms with Gasteiger partial charge in [0.25, 0.3) is 0 Å². The van der Waals surface area contributed by atoms with Crippen LogP contribution in [0.3, 0.4) is 0 Å². The molecule has 0 aromatic rings. The normalized spacial score (nSPS) is 44.6. The molecule has 1 unspecified atom stereocenters. The van der Waals surface area contributed by atoms with E-state index in [1.807, 2.05) is 0 Å². The van der Waals surface area contributed by atoms with Crippen LogP contribution in [0.1, 0.15) is 98.3 Å². The lowest BCUT2D eigenvalue weighted by atomic mass is 9.47. The maximum atomic E-state index is 7.23. The molecule has 4 rings (SSSR count). The van der Waals surface area contributed by atoms with E-state index < -0.39 is 8.32 Å². The van der Waals surface area contributed by atoms with E-state index in [1.165, 1.54) is 76.7 Å². The van der Waals surface area contributed by atoms with E-state index in [1.54, 1.807) is 5.57 Å². The van der Waals surface area contributed by atoms with Gasteiger partial charge in [0.05, 0.1) is 6.10 Å². The molecule has 0 heterocycles. The first-order valence-corrected chi connectivity index (χ1v) is 16.3. The average molecular weight is 417 g/mol. The molecule has 0 saturated heterocycles. The lowest BCUT2D eigenvalue weighted by molar-refractivity contribution is -0.0827. The molecule has 0 bridgehead atoms. The van der Waals surface area contributed by atoms with Gasteiger partial charge in [-0.2, -0.15) is 0 Å². The van der Waals surface area contributed by atoms with Crippen molar-refractivity contribution in [3.05, 3.63) is 11.6 Å². The molecule has 1 nitrogen and oxygen atoms in total. The number of unbranched alkanes of at least 4 members (excludes halogenated alkanes) is 1. The third kappa shape index (κ3) is 3.73. The molecule has 7 atom stereocenters. The molecule has 4 aliphatic carbocycles. The topological polar surface area (TPSA) is 9.23 Å². The smallest absolute Gasteiger partial charge is 0.187 e. The largest absolute Gasteiger partial charge is 0.411 e. The summed E-state index contributed by atoms with van der Waals surface area (Å²) in [6.45, 7) is 15.1. The Morgan fingerprint density at radius 1 is 1.03 bits per heavy atom. The lowest BCUT2D eigenvalue weighted by Crippen LogP contribution is -2.56. The number of hydrogen-bond donors (Lipinski definition) is 0.